The Kier molecular flexibility index (Phi) is 9.03. The molecule has 0 spiro atoms. The molecule has 0 radical (unpaired) electrons. The van der Waals surface area contributed by atoms with Crippen LogP contribution in [0.5, 0.6) is 0 Å². The molecular formula is C27H32FN3O4S. The molecule has 0 aromatic heterocycles. The molecule has 7 nitrogen and oxygen atoms in total. The van der Waals surface area contributed by atoms with Gasteiger partial charge in [-0.15, -0.1) is 0 Å². The summed E-state index contributed by atoms with van der Waals surface area (Å²) in [6.07, 6.45) is 2.75. The number of unbranched alkanes of at least 4 members (excludes halogenated alkanes) is 1. The number of hydrogen-bond acceptors (Lipinski definition) is 4. The number of fused-ring (bicyclic) bond motifs is 1. The molecule has 0 bridgehead atoms. The molecular weight excluding hydrogens is 481 g/mol. The van der Waals surface area contributed by atoms with E-state index < -0.39 is 34.3 Å². The average Bonchev–Trinajstić information content (AvgIpc) is 2.85. The van der Waals surface area contributed by atoms with Gasteiger partial charge in [0, 0.05) is 18.5 Å². The quantitative estimate of drug-likeness (QED) is 0.392. The number of nitrogens with zero attached hydrogens (tertiary/aromatic N) is 2. The maximum atomic E-state index is 13.6. The maximum Gasteiger partial charge on any atom is 0.244 e. The minimum absolute atomic E-state index is 0.0224. The fourth-order valence-electron chi connectivity index (χ4n) is 3.93. The van der Waals surface area contributed by atoms with Crippen molar-refractivity contribution in [3.63, 3.8) is 0 Å². The molecule has 192 valence electrons. The van der Waals surface area contributed by atoms with Crippen molar-refractivity contribution in [1.82, 2.24) is 10.2 Å². The van der Waals surface area contributed by atoms with E-state index in [-0.39, 0.29) is 12.5 Å². The number of carbonyl (C=O) groups excluding carboxylic acids is 2. The highest BCUT2D eigenvalue weighted by atomic mass is 32.2. The number of hydrogen-bond donors (Lipinski definition) is 1. The van der Waals surface area contributed by atoms with Crippen molar-refractivity contribution >= 4 is 38.3 Å². The monoisotopic (exact) mass is 513 g/mol. The van der Waals surface area contributed by atoms with E-state index in [4.69, 9.17) is 0 Å². The van der Waals surface area contributed by atoms with Gasteiger partial charge in [-0.1, -0.05) is 61.9 Å². The Morgan fingerprint density at radius 2 is 1.67 bits per heavy atom. The van der Waals surface area contributed by atoms with E-state index in [1.807, 2.05) is 25.1 Å². The summed E-state index contributed by atoms with van der Waals surface area (Å²) in [5, 5.41) is 4.35. The Morgan fingerprint density at radius 1 is 1.00 bits per heavy atom. The molecule has 3 aromatic rings. The van der Waals surface area contributed by atoms with E-state index in [0.29, 0.717) is 23.2 Å². The number of benzene rings is 3. The van der Waals surface area contributed by atoms with Crippen LogP contribution in [0.25, 0.3) is 10.8 Å². The molecule has 0 aliphatic carbocycles. The summed E-state index contributed by atoms with van der Waals surface area (Å²) in [4.78, 5) is 27.8. The van der Waals surface area contributed by atoms with Crippen LogP contribution in [0.4, 0.5) is 10.1 Å². The largest absolute Gasteiger partial charge is 0.354 e. The highest BCUT2D eigenvalue weighted by molar-refractivity contribution is 7.92. The van der Waals surface area contributed by atoms with Gasteiger partial charge in [0.15, 0.2) is 0 Å². The van der Waals surface area contributed by atoms with Crippen molar-refractivity contribution in [3.8, 4) is 0 Å². The highest BCUT2D eigenvalue weighted by Gasteiger charge is 2.30. The second-order valence-electron chi connectivity index (χ2n) is 8.74. The van der Waals surface area contributed by atoms with Gasteiger partial charge in [0.2, 0.25) is 21.8 Å². The van der Waals surface area contributed by atoms with Crippen molar-refractivity contribution < 1.29 is 22.4 Å². The van der Waals surface area contributed by atoms with Crippen molar-refractivity contribution in [2.75, 3.05) is 23.7 Å². The molecule has 0 fully saturated rings. The Balaban J connectivity index is 1.95. The van der Waals surface area contributed by atoms with Gasteiger partial charge in [0.1, 0.15) is 18.4 Å². The number of rotatable bonds is 11. The second kappa shape index (κ2) is 12.0. The molecule has 1 atom stereocenters. The van der Waals surface area contributed by atoms with E-state index in [1.165, 1.54) is 29.2 Å². The molecule has 1 unspecified atom stereocenters. The summed E-state index contributed by atoms with van der Waals surface area (Å²) < 4.78 is 40.2. The summed E-state index contributed by atoms with van der Waals surface area (Å²) >= 11 is 0. The summed E-state index contributed by atoms with van der Waals surface area (Å²) in [6.45, 7) is 3.62. The van der Waals surface area contributed by atoms with Crippen molar-refractivity contribution in [3.05, 3.63) is 78.1 Å². The predicted octanol–water partition coefficient (Wildman–Crippen LogP) is 4.08. The van der Waals surface area contributed by atoms with Gasteiger partial charge < -0.3 is 10.2 Å². The maximum absolute atomic E-state index is 13.6. The minimum atomic E-state index is -3.84. The van der Waals surface area contributed by atoms with Crippen LogP contribution in [0.1, 0.15) is 32.3 Å². The molecule has 1 N–H and O–H groups in total. The SMILES string of the molecule is CCCCNC(=O)C(C)N(Cc1ccc(F)cc1)C(=O)CN(c1cccc2ccccc12)S(C)(=O)=O. The van der Waals surface area contributed by atoms with Gasteiger partial charge in [-0.2, -0.15) is 0 Å². The summed E-state index contributed by atoms with van der Waals surface area (Å²) in [5.41, 5.74) is 1.000. The Labute approximate surface area is 212 Å². The van der Waals surface area contributed by atoms with E-state index in [2.05, 4.69) is 5.32 Å². The van der Waals surface area contributed by atoms with E-state index >= 15 is 0 Å². The lowest BCUT2D eigenvalue weighted by Gasteiger charge is -2.31. The highest BCUT2D eigenvalue weighted by Crippen LogP contribution is 2.28. The van der Waals surface area contributed by atoms with Crippen LogP contribution in [0.15, 0.2) is 66.7 Å². The fraction of sp³-hybridized carbons (Fsp3) is 0.333. The summed E-state index contributed by atoms with van der Waals surface area (Å²) in [7, 11) is -3.84. The lowest BCUT2D eigenvalue weighted by atomic mass is 10.1. The first-order valence-corrected chi connectivity index (χ1v) is 13.7. The molecule has 3 aromatic carbocycles. The number of halogens is 1. The van der Waals surface area contributed by atoms with Crippen LogP contribution in [0, 0.1) is 5.82 Å². The van der Waals surface area contributed by atoms with E-state index in [0.717, 1.165) is 28.8 Å². The van der Waals surface area contributed by atoms with Crippen LogP contribution in [-0.2, 0) is 26.2 Å². The Hall–Kier alpha value is -3.46. The molecule has 2 amide bonds. The Morgan fingerprint density at radius 3 is 2.33 bits per heavy atom. The molecule has 0 saturated heterocycles. The van der Waals surface area contributed by atoms with Gasteiger partial charge in [0.25, 0.3) is 0 Å². The van der Waals surface area contributed by atoms with E-state index in [1.54, 1.807) is 31.2 Å². The average molecular weight is 514 g/mol. The van der Waals surface area contributed by atoms with E-state index in [9.17, 15) is 22.4 Å². The first-order chi connectivity index (χ1) is 17.1. The zero-order chi connectivity index (χ0) is 26.3. The third kappa shape index (κ3) is 6.81. The summed E-state index contributed by atoms with van der Waals surface area (Å²) in [5.74, 6) is -1.30. The van der Waals surface area contributed by atoms with Crippen LogP contribution < -0.4 is 9.62 Å². The van der Waals surface area contributed by atoms with Crippen molar-refractivity contribution in [2.24, 2.45) is 0 Å². The number of sulfonamides is 1. The zero-order valence-electron chi connectivity index (χ0n) is 20.8. The molecule has 0 saturated carbocycles. The summed E-state index contributed by atoms with van der Waals surface area (Å²) in [6, 6.07) is 17.3. The molecule has 0 aliphatic rings. The van der Waals surface area contributed by atoms with Gasteiger partial charge in [0.05, 0.1) is 11.9 Å². The van der Waals surface area contributed by atoms with Gasteiger partial charge in [-0.05, 0) is 42.5 Å². The number of anilines is 1. The van der Waals surface area contributed by atoms with Crippen molar-refractivity contribution in [2.45, 2.75) is 39.3 Å². The molecule has 3 rings (SSSR count). The number of amides is 2. The van der Waals surface area contributed by atoms with Crippen LogP contribution in [0.3, 0.4) is 0 Å². The van der Waals surface area contributed by atoms with Gasteiger partial charge in [-0.25, -0.2) is 12.8 Å². The first kappa shape index (κ1) is 27.1. The molecule has 0 aliphatic heterocycles. The fourth-order valence-corrected chi connectivity index (χ4v) is 4.79. The third-order valence-electron chi connectivity index (χ3n) is 5.98. The zero-order valence-corrected chi connectivity index (χ0v) is 21.6. The lowest BCUT2D eigenvalue weighted by molar-refractivity contribution is -0.139. The minimum Gasteiger partial charge on any atom is -0.354 e. The molecule has 9 heteroatoms. The number of nitrogens with one attached hydrogen (secondary N) is 1. The topological polar surface area (TPSA) is 86.8 Å². The number of carbonyl (C=O) groups is 2. The molecule has 0 heterocycles. The van der Waals surface area contributed by atoms with Crippen molar-refractivity contribution in [1.29, 1.82) is 0 Å². The third-order valence-corrected chi connectivity index (χ3v) is 7.10. The van der Waals surface area contributed by atoms with Gasteiger partial charge in [-0.3, -0.25) is 13.9 Å². The second-order valence-corrected chi connectivity index (χ2v) is 10.6. The molecule has 36 heavy (non-hydrogen) atoms. The normalized spacial score (nSPS) is 12.2. The Bertz CT molecular complexity index is 1310. The van der Waals surface area contributed by atoms with Gasteiger partial charge >= 0.3 is 0 Å². The predicted molar refractivity (Wildman–Crippen MR) is 140 cm³/mol. The first-order valence-electron chi connectivity index (χ1n) is 11.9. The standard InChI is InChI=1S/C27H32FN3O4S/c1-4-5-17-29-27(33)20(2)30(18-21-13-15-23(28)16-14-21)26(32)19-31(36(3,34)35)25-12-8-10-22-9-6-7-11-24(22)25/h6-16,20H,4-5,17-19H2,1-3H3,(H,29,33). The van der Waals surface area contributed by atoms with Crippen LogP contribution in [0.2, 0.25) is 0 Å². The van der Waals surface area contributed by atoms with Crippen LogP contribution >= 0.6 is 0 Å². The lowest BCUT2D eigenvalue weighted by Crippen LogP contribution is -2.51. The van der Waals surface area contributed by atoms with Crippen LogP contribution in [-0.4, -0.2) is 50.5 Å². The smallest absolute Gasteiger partial charge is 0.244 e.